The predicted octanol–water partition coefficient (Wildman–Crippen LogP) is 3.28. The zero-order valence-corrected chi connectivity index (χ0v) is 12.3. The molecule has 0 aliphatic carbocycles. The van der Waals surface area contributed by atoms with Gasteiger partial charge in [0.25, 0.3) is 0 Å². The van der Waals surface area contributed by atoms with Gasteiger partial charge < -0.3 is 15.2 Å². The van der Waals surface area contributed by atoms with Gasteiger partial charge in [-0.05, 0) is 18.6 Å². The lowest BCUT2D eigenvalue weighted by atomic mass is 10.1. The standard InChI is InChI=1S/C15H13FN2O5/c1-8-5-3-4-6-10(8)17-13-9(15(20)23-2)7-11(18(21)22)14(19)12(13)16/h3-7,17,19H,1-2H3. The molecule has 0 saturated carbocycles. The largest absolute Gasteiger partial charge is 0.500 e. The summed E-state index contributed by atoms with van der Waals surface area (Å²) in [6, 6.07) is 7.62. The molecular weight excluding hydrogens is 307 g/mol. The lowest BCUT2D eigenvalue weighted by Gasteiger charge is -2.14. The maximum Gasteiger partial charge on any atom is 0.340 e. The summed E-state index contributed by atoms with van der Waals surface area (Å²) in [7, 11) is 1.07. The molecule has 0 spiro atoms. The Kier molecular flexibility index (Phi) is 4.44. The van der Waals surface area contributed by atoms with Gasteiger partial charge in [0.1, 0.15) is 0 Å². The number of nitro benzene ring substituents is 1. The lowest BCUT2D eigenvalue weighted by Crippen LogP contribution is -2.09. The van der Waals surface area contributed by atoms with Gasteiger partial charge in [-0.2, -0.15) is 0 Å². The van der Waals surface area contributed by atoms with Crippen molar-refractivity contribution in [3.8, 4) is 5.75 Å². The number of hydrogen-bond acceptors (Lipinski definition) is 6. The zero-order chi connectivity index (χ0) is 17.1. The number of ether oxygens (including phenoxy) is 1. The number of halogens is 1. The first kappa shape index (κ1) is 16.2. The molecule has 0 heterocycles. The monoisotopic (exact) mass is 320 g/mol. The molecule has 0 aromatic heterocycles. The van der Waals surface area contributed by atoms with Gasteiger partial charge in [-0.15, -0.1) is 0 Å². The summed E-state index contributed by atoms with van der Waals surface area (Å²) in [6.45, 7) is 1.75. The summed E-state index contributed by atoms with van der Waals surface area (Å²) in [5, 5.41) is 23.2. The molecular formula is C15H13FN2O5. The molecule has 0 atom stereocenters. The van der Waals surface area contributed by atoms with Crippen molar-refractivity contribution in [2.45, 2.75) is 6.92 Å². The highest BCUT2D eigenvalue weighted by atomic mass is 19.1. The molecule has 0 aliphatic rings. The predicted molar refractivity (Wildman–Crippen MR) is 80.5 cm³/mol. The van der Waals surface area contributed by atoms with Crippen LogP contribution in [0.25, 0.3) is 0 Å². The van der Waals surface area contributed by atoms with Crippen LogP contribution >= 0.6 is 0 Å². The summed E-state index contributed by atoms with van der Waals surface area (Å²) < 4.78 is 18.9. The van der Waals surface area contributed by atoms with Crippen LogP contribution in [0.2, 0.25) is 0 Å². The number of anilines is 2. The second kappa shape index (κ2) is 6.30. The van der Waals surface area contributed by atoms with E-state index in [9.17, 15) is 24.4 Å². The molecule has 7 nitrogen and oxygen atoms in total. The number of rotatable bonds is 4. The van der Waals surface area contributed by atoms with Crippen molar-refractivity contribution in [1.29, 1.82) is 0 Å². The molecule has 0 unspecified atom stereocenters. The van der Waals surface area contributed by atoms with Gasteiger partial charge in [0, 0.05) is 11.8 Å². The molecule has 0 radical (unpaired) electrons. The zero-order valence-electron chi connectivity index (χ0n) is 12.3. The summed E-state index contributed by atoms with van der Waals surface area (Å²) in [5.74, 6) is -3.43. The highest BCUT2D eigenvalue weighted by Crippen LogP contribution is 2.38. The highest BCUT2D eigenvalue weighted by Gasteiger charge is 2.28. The second-order valence-corrected chi connectivity index (χ2v) is 4.67. The Morgan fingerprint density at radius 2 is 2.04 bits per heavy atom. The van der Waals surface area contributed by atoms with Gasteiger partial charge in [-0.1, -0.05) is 18.2 Å². The van der Waals surface area contributed by atoms with Crippen LogP contribution in [0.4, 0.5) is 21.5 Å². The van der Waals surface area contributed by atoms with Crippen molar-refractivity contribution in [2.24, 2.45) is 0 Å². The number of para-hydroxylation sites is 1. The van der Waals surface area contributed by atoms with E-state index in [2.05, 4.69) is 10.1 Å². The number of aromatic hydroxyl groups is 1. The number of esters is 1. The number of nitro groups is 1. The average molecular weight is 320 g/mol. The number of phenols is 1. The number of methoxy groups -OCH3 is 1. The number of benzene rings is 2. The molecule has 2 rings (SSSR count). The van der Waals surface area contributed by atoms with E-state index in [1.54, 1.807) is 31.2 Å². The van der Waals surface area contributed by atoms with Crippen LogP contribution < -0.4 is 5.32 Å². The van der Waals surface area contributed by atoms with E-state index >= 15 is 0 Å². The molecule has 2 N–H and O–H groups in total. The quantitative estimate of drug-likeness (QED) is 0.509. The van der Waals surface area contributed by atoms with E-state index in [1.165, 1.54) is 0 Å². The Hall–Kier alpha value is -3.16. The van der Waals surface area contributed by atoms with E-state index in [-0.39, 0.29) is 0 Å². The Morgan fingerprint density at radius 3 is 2.61 bits per heavy atom. The molecule has 0 saturated heterocycles. The third-order valence-electron chi connectivity index (χ3n) is 3.23. The van der Waals surface area contributed by atoms with E-state index in [0.717, 1.165) is 18.7 Å². The van der Waals surface area contributed by atoms with Crippen LogP contribution in [0.5, 0.6) is 5.75 Å². The Balaban J connectivity index is 2.66. The maximum absolute atomic E-state index is 14.4. The normalized spacial score (nSPS) is 10.2. The lowest BCUT2D eigenvalue weighted by molar-refractivity contribution is -0.386. The SMILES string of the molecule is COC(=O)c1cc([N+](=O)[O-])c(O)c(F)c1Nc1ccccc1C. The topological polar surface area (TPSA) is 102 Å². The molecule has 0 fully saturated rings. The molecule has 23 heavy (non-hydrogen) atoms. The smallest absolute Gasteiger partial charge is 0.340 e. The molecule has 8 heteroatoms. The minimum Gasteiger partial charge on any atom is -0.500 e. The second-order valence-electron chi connectivity index (χ2n) is 4.67. The van der Waals surface area contributed by atoms with Crippen molar-refractivity contribution < 1.29 is 24.0 Å². The van der Waals surface area contributed by atoms with Crippen LogP contribution in [0.1, 0.15) is 15.9 Å². The third kappa shape index (κ3) is 3.05. The number of carbonyl (C=O) groups is 1. The van der Waals surface area contributed by atoms with Crippen molar-refractivity contribution in [3.05, 3.63) is 57.4 Å². The van der Waals surface area contributed by atoms with Crippen molar-refractivity contribution in [1.82, 2.24) is 0 Å². The Bertz CT molecular complexity index is 792. The number of nitrogens with one attached hydrogen (secondary N) is 1. The number of hydrogen-bond donors (Lipinski definition) is 2. The van der Waals surface area contributed by atoms with Crippen molar-refractivity contribution >= 4 is 23.0 Å². The van der Waals surface area contributed by atoms with Gasteiger partial charge >= 0.3 is 11.7 Å². The van der Waals surface area contributed by atoms with Gasteiger partial charge in [0.15, 0.2) is 5.82 Å². The average Bonchev–Trinajstić information content (AvgIpc) is 2.52. The highest BCUT2D eigenvalue weighted by molar-refractivity contribution is 5.98. The van der Waals surface area contributed by atoms with Crippen molar-refractivity contribution in [2.75, 3.05) is 12.4 Å². The van der Waals surface area contributed by atoms with Crippen LogP contribution in [-0.4, -0.2) is 23.1 Å². The fourth-order valence-corrected chi connectivity index (χ4v) is 2.01. The molecule has 0 aliphatic heterocycles. The molecule has 2 aromatic rings. The third-order valence-corrected chi connectivity index (χ3v) is 3.23. The number of phenolic OH excluding ortho intramolecular Hbond substituents is 1. The van der Waals surface area contributed by atoms with Crippen LogP contribution in [-0.2, 0) is 4.74 Å². The summed E-state index contributed by atoms with van der Waals surface area (Å²) in [4.78, 5) is 21.7. The van der Waals surface area contributed by atoms with Crippen LogP contribution in [0.3, 0.4) is 0 Å². The summed E-state index contributed by atoms with van der Waals surface area (Å²) in [6.07, 6.45) is 0. The van der Waals surface area contributed by atoms with Crippen molar-refractivity contribution in [3.63, 3.8) is 0 Å². The molecule has 120 valence electrons. The first-order chi connectivity index (χ1) is 10.9. The van der Waals surface area contributed by atoms with Crippen LogP contribution in [0, 0.1) is 22.9 Å². The van der Waals surface area contributed by atoms with E-state index < -0.39 is 39.4 Å². The maximum atomic E-state index is 14.4. The Morgan fingerprint density at radius 1 is 1.39 bits per heavy atom. The Labute approximate surface area is 130 Å². The summed E-state index contributed by atoms with van der Waals surface area (Å²) in [5.41, 5.74) is -0.476. The number of nitrogens with zero attached hydrogens (tertiary/aromatic N) is 1. The molecule has 0 amide bonds. The van der Waals surface area contributed by atoms with E-state index in [4.69, 9.17) is 0 Å². The van der Waals surface area contributed by atoms with Gasteiger partial charge in [-0.25, -0.2) is 9.18 Å². The molecule has 2 aromatic carbocycles. The van der Waals surface area contributed by atoms with E-state index in [1.807, 2.05) is 0 Å². The van der Waals surface area contributed by atoms with Gasteiger partial charge in [0.2, 0.25) is 5.75 Å². The molecule has 0 bridgehead atoms. The first-order valence-electron chi connectivity index (χ1n) is 6.47. The van der Waals surface area contributed by atoms with Gasteiger partial charge in [-0.3, -0.25) is 10.1 Å². The van der Waals surface area contributed by atoms with Crippen LogP contribution in [0.15, 0.2) is 30.3 Å². The number of carbonyl (C=O) groups excluding carboxylic acids is 1. The fourth-order valence-electron chi connectivity index (χ4n) is 2.01. The van der Waals surface area contributed by atoms with Gasteiger partial charge in [0.05, 0.1) is 23.3 Å². The van der Waals surface area contributed by atoms with E-state index in [0.29, 0.717) is 5.69 Å². The number of aryl methyl sites for hydroxylation is 1. The first-order valence-corrected chi connectivity index (χ1v) is 6.47. The summed E-state index contributed by atoms with van der Waals surface area (Å²) >= 11 is 0. The fraction of sp³-hybridized carbons (Fsp3) is 0.133. The minimum absolute atomic E-state index is 0.391. The minimum atomic E-state index is -1.30.